The predicted octanol–water partition coefficient (Wildman–Crippen LogP) is 1.21. The second-order valence-electron chi connectivity index (χ2n) is 4.76. The first-order valence-corrected chi connectivity index (χ1v) is 8.06. The monoisotopic (exact) mass is 284 g/mol. The van der Waals surface area contributed by atoms with Crippen LogP contribution in [-0.2, 0) is 20.5 Å². The average Bonchev–Trinajstić information content (AvgIpc) is 2.41. The maximum absolute atomic E-state index is 12.3. The van der Waals surface area contributed by atoms with Crippen molar-refractivity contribution in [3.05, 3.63) is 29.8 Å². The molecule has 0 aliphatic carbocycles. The SMILES string of the molecule is CCC1CN(S(=O)(=O)Cc2ccc(N)cc2)CCO1. The number of nitrogen functional groups attached to an aromatic ring is 1. The highest BCUT2D eigenvalue weighted by Gasteiger charge is 2.28. The summed E-state index contributed by atoms with van der Waals surface area (Å²) in [7, 11) is -3.28. The number of nitrogens with two attached hydrogens (primary N) is 1. The van der Waals surface area contributed by atoms with E-state index in [2.05, 4.69) is 0 Å². The predicted molar refractivity (Wildman–Crippen MR) is 75.1 cm³/mol. The van der Waals surface area contributed by atoms with Crippen molar-refractivity contribution in [3.63, 3.8) is 0 Å². The van der Waals surface area contributed by atoms with Gasteiger partial charge in [-0.05, 0) is 24.1 Å². The van der Waals surface area contributed by atoms with Crippen molar-refractivity contribution in [3.8, 4) is 0 Å². The Kier molecular flexibility index (Phi) is 4.44. The first-order valence-electron chi connectivity index (χ1n) is 6.45. The second kappa shape index (κ2) is 5.90. The highest BCUT2D eigenvalue weighted by Crippen LogP contribution is 2.17. The topological polar surface area (TPSA) is 72.6 Å². The van der Waals surface area contributed by atoms with Gasteiger partial charge < -0.3 is 10.5 Å². The number of ether oxygens (including phenoxy) is 1. The summed E-state index contributed by atoms with van der Waals surface area (Å²) in [6.45, 7) is 3.36. The van der Waals surface area contributed by atoms with Crippen LogP contribution in [0.5, 0.6) is 0 Å². The van der Waals surface area contributed by atoms with Crippen molar-refractivity contribution in [2.75, 3.05) is 25.4 Å². The smallest absolute Gasteiger partial charge is 0.218 e. The largest absolute Gasteiger partial charge is 0.399 e. The van der Waals surface area contributed by atoms with E-state index in [0.29, 0.717) is 25.4 Å². The van der Waals surface area contributed by atoms with Gasteiger partial charge in [-0.3, -0.25) is 0 Å². The third-order valence-corrected chi connectivity index (χ3v) is 5.10. The van der Waals surface area contributed by atoms with Gasteiger partial charge in [-0.1, -0.05) is 19.1 Å². The summed E-state index contributed by atoms with van der Waals surface area (Å²) >= 11 is 0. The van der Waals surface area contributed by atoms with Crippen LogP contribution in [0.25, 0.3) is 0 Å². The summed E-state index contributed by atoms with van der Waals surface area (Å²) in [5, 5.41) is 0. The number of sulfonamides is 1. The summed E-state index contributed by atoms with van der Waals surface area (Å²) in [5.74, 6) is 0.0176. The molecule has 1 aliphatic heterocycles. The summed E-state index contributed by atoms with van der Waals surface area (Å²) < 4.78 is 31.7. The molecular weight excluding hydrogens is 264 g/mol. The Morgan fingerprint density at radius 2 is 2.05 bits per heavy atom. The molecule has 0 spiro atoms. The molecule has 1 saturated heterocycles. The minimum absolute atomic E-state index is 0.00921. The van der Waals surface area contributed by atoms with E-state index in [1.807, 2.05) is 6.92 Å². The maximum atomic E-state index is 12.3. The second-order valence-corrected chi connectivity index (χ2v) is 6.73. The van der Waals surface area contributed by atoms with E-state index in [1.54, 1.807) is 24.3 Å². The molecule has 1 atom stereocenters. The molecule has 0 aromatic heterocycles. The molecule has 106 valence electrons. The van der Waals surface area contributed by atoms with Crippen LogP contribution in [0.1, 0.15) is 18.9 Å². The van der Waals surface area contributed by atoms with Crippen LogP contribution in [0.4, 0.5) is 5.69 Å². The van der Waals surface area contributed by atoms with Gasteiger partial charge in [0.2, 0.25) is 10.0 Å². The van der Waals surface area contributed by atoms with E-state index in [1.165, 1.54) is 4.31 Å². The number of nitrogens with zero attached hydrogens (tertiary/aromatic N) is 1. The Balaban J connectivity index is 2.07. The Hall–Kier alpha value is -1.11. The van der Waals surface area contributed by atoms with Crippen LogP contribution in [0.2, 0.25) is 0 Å². The minimum Gasteiger partial charge on any atom is -0.399 e. The molecule has 1 fully saturated rings. The Morgan fingerprint density at radius 3 is 2.68 bits per heavy atom. The number of hydrogen-bond donors (Lipinski definition) is 1. The summed E-state index contributed by atoms with van der Waals surface area (Å²) in [6, 6.07) is 6.95. The molecule has 1 aromatic rings. The van der Waals surface area contributed by atoms with E-state index >= 15 is 0 Å². The first kappa shape index (κ1) is 14.3. The van der Waals surface area contributed by atoms with Crippen LogP contribution in [0.3, 0.4) is 0 Å². The average molecular weight is 284 g/mol. The molecule has 1 heterocycles. The fourth-order valence-corrected chi connectivity index (χ4v) is 3.65. The summed E-state index contributed by atoms with van der Waals surface area (Å²) in [5.41, 5.74) is 6.99. The molecule has 5 nitrogen and oxygen atoms in total. The van der Waals surface area contributed by atoms with E-state index < -0.39 is 10.0 Å². The number of hydrogen-bond acceptors (Lipinski definition) is 4. The molecular formula is C13H20N2O3S. The Labute approximate surface area is 114 Å². The van der Waals surface area contributed by atoms with Crippen molar-refractivity contribution in [2.24, 2.45) is 0 Å². The van der Waals surface area contributed by atoms with Gasteiger partial charge in [-0.2, -0.15) is 4.31 Å². The Bertz CT molecular complexity index is 513. The molecule has 6 heteroatoms. The zero-order valence-corrected chi connectivity index (χ0v) is 11.9. The normalized spacial score (nSPS) is 21.4. The number of anilines is 1. The van der Waals surface area contributed by atoms with Crippen LogP contribution in [0, 0.1) is 0 Å². The molecule has 1 aromatic carbocycles. The summed E-state index contributed by atoms with van der Waals surface area (Å²) in [4.78, 5) is 0. The van der Waals surface area contributed by atoms with Crippen LogP contribution in [0.15, 0.2) is 24.3 Å². The molecule has 0 radical (unpaired) electrons. The molecule has 1 unspecified atom stereocenters. The van der Waals surface area contributed by atoms with E-state index in [4.69, 9.17) is 10.5 Å². The lowest BCUT2D eigenvalue weighted by molar-refractivity contribution is -0.00282. The third-order valence-electron chi connectivity index (χ3n) is 3.28. The molecule has 0 amide bonds. The fourth-order valence-electron chi connectivity index (χ4n) is 2.11. The lowest BCUT2D eigenvalue weighted by Gasteiger charge is -2.31. The van der Waals surface area contributed by atoms with Crippen LogP contribution >= 0.6 is 0 Å². The highest BCUT2D eigenvalue weighted by molar-refractivity contribution is 7.88. The van der Waals surface area contributed by atoms with E-state index in [-0.39, 0.29) is 11.9 Å². The van der Waals surface area contributed by atoms with E-state index in [0.717, 1.165) is 12.0 Å². The zero-order valence-electron chi connectivity index (χ0n) is 11.1. The van der Waals surface area contributed by atoms with Gasteiger partial charge >= 0.3 is 0 Å². The van der Waals surface area contributed by atoms with Crippen LogP contribution in [-0.4, -0.2) is 38.5 Å². The quantitative estimate of drug-likeness (QED) is 0.844. The minimum atomic E-state index is -3.28. The Morgan fingerprint density at radius 1 is 1.37 bits per heavy atom. The van der Waals surface area contributed by atoms with E-state index in [9.17, 15) is 8.42 Å². The van der Waals surface area contributed by atoms with Gasteiger partial charge in [0, 0.05) is 18.8 Å². The maximum Gasteiger partial charge on any atom is 0.218 e. The molecule has 19 heavy (non-hydrogen) atoms. The number of rotatable bonds is 4. The standard InChI is InChI=1S/C13H20N2O3S/c1-2-13-9-15(7-8-18-13)19(16,17)10-11-3-5-12(14)6-4-11/h3-6,13H,2,7-10,14H2,1H3. The van der Waals surface area contributed by atoms with Crippen molar-refractivity contribution in [2.45, 2.75) is 25.2 Å². The number of benzene rings is 1. The van der Waals surface area contributed by atoms with Crippen molar-refractivity contribution in [1.29, 1.82) is 0 Å². The van der Waals surface area contributed by atoms with Gasteiger partial charge in [0.25, 0.3) is 0 Å². The van der Waals surface area contributed by atoms with Gasteiger partial charge in [0.1, 0.15) is 0 Å². The molecule has 2 N–H and O–H groups in total. The molecule has 0 bridgehead atoms. The first-order chi connectivity index (χ1) is 9.01. The van der Waals surface area contributed by atoms with Crippen molar-refractivity contribution in [1.82, 2.24) is 4.31 Å². The molecule has 2 rings (SSSR count). The van der Waals surface area contributed by atoms with Crippen LogP contribution < -0.4 is 5.73 Å². The lowest BCUT2D eigenvalue weighted by atomic mass is 10.2. The highest BCUT2D eigenvalue weighted by atomic mass is 32.2. The van der Waals surface area contributed by atoms with Gasteiger partial charge in [0.15, 0.2) is 0 Å². The number of morpholine rings is 1. The molecule has 1 aliphatic rings. The van der Waals surface area contributed by atoms with Gasteiger partial charge in [-0.25, -0.2) is 8.42 Å². The summed E-state index contributed by atoms with van der Waals surface area (Å²) in [6.07, 6.45) is 0.836. The fraction of sp³-hybridized carbons (Fsp3) is 0.538. The zero-order chi connectivity index (χ0) is 13.9. The van der Waals surface area contributed by atoms with Gasteiger partial charge in [-0.15, -0.1) is 0 Å². The molecule has 0 saturated carbocycles. The third kappa shape index (κ3) is 3.68. The van der Waals surface area contributed by atoms with Gasteiger partial charge in [0.05, 0.1) is 18.5 Å². The van der Waals surface area contributed by atoms with Crippen molar-refractivity contribution < 1.29 is 13.2 Å². The van der Waals surface area contributed by atoms with Crippen molar-refractivity contribution >= 4 is 15.7 Å². The lowest BCUT2D eigenvalue weighted by Crippen LogP contribution is -2.45.